The normalized spacial score (nSPS) is 24.2. The lowest BCUT2D eigenvalue weighted by atomic mass is 10.2. The van der Waals surface area contributed by atoms with E-state index in [1.807, 2.05) is 0 Å². The highest BCUT2D eigenvalue weighted by atomic mass is 32.2. The van der Waals surface area contributed by atoms with E-state index < -0.39 is 4.75 Å². The molecule has 0 unspecified atom stereocenters. The van der Waals surface area contributed by atoms with Crippen LogP contribution < -0.4 is 5.32 Å². The first-order valence-electron chi connectivity index (χ1n) is 2.51. The van der Waals surface area contributed by atoms with E-state index in [0.717, 1.165) is 11.8 Å². The first-order chi connectivity index (χ1) is 4.02. The smallest absolute Gasteiger partial charge is 0.271 e. The van der Waals surface area contributed by atoms with Gasteiger partial charge in [0.25, 0.3) is 5.91 Å². The number of imide groups is 1. The molecule has 0 saturated carbocycles. The van der Waals surface area contributed by atoms with Crippen molar-refractivity contribution in [1.82, 2.24) is 5.32 Å². The second kappa shape index (κ2) is 1.73. The number of hydrogen-bond donors (Lipinski definition) is 0. The van der Waals surface area contributed by atoms with Crippen molar-refractivity contribution in [3.05, 3.63) is 0 Å². The van der Waals surface area contributed by atoms with Gasteiger partial charge in [0, 0.05) is 0 Å². The molecule has 0 atom stereocenters. The zero-order valence-corrected chi connectivity index (χ0v) is 5.99. The van der Waals surface area contributed by atoms with E-state index in [4.69, 9.17) is 0 Å². The molecule has 1 aliphatic heterocycles. The van der Waals surface area contributed by atoms with Crippen LogP contribution in [0, 0.1) is 0 Å². The highest BCUT2D eigenvalue weighted by Gasteiger charge is 2.40. The fourth-order valence-corrected chi connectivity index (χ4v) is 1.20. The molecule has 0 aromatic rings. The lowest BCUT2D eigenvalue weighted by molar-refractivity contribution is -0.121. The third-order valence-electron chi connectivity index (χ3n) is 1.05. The van der Waals surface area contributed by atoms with Crippen molar-refractivity contribution in [2.45, 2.75) is 18.6 Å². The molecule has 1 radical (unpaired) electrons. The van der Waals surface area contributed by atoms with E-state index in [1.165, 1.54) is 0 Å². The molecule has 1 saturated heterocycles. The van der Waals surface area contributed by atoms with Gasteiger partial charge in [0.1, 0.15) is 4.75 Å². The molecule has 0 aromatic heterocycles. The van der Waals surface area contributed by atoms with Crippen LogP contribution in [0.1, 0.15) is 13.8 Å². The van der Waals surface area contributed by atoms with Crippen LogP contribution in [0.5, 0.6) is 0 Å². The molecule has 0 spiro atoms. The van der Waals surface area contributed by atoms with Crippen molar-refractivity contribution in [3.8, 4) is 0 Å². The summed E-state index contributed by atoms with van der Waals surface area (Å²) >= 11 is 0.976. The van der Waals surface area contributed by atoms with E-state index in [9.17, 15) is 9.59 Å². The van der Waals surface area contributed by atoms with Crippen LogP contribution in [0.25, 0.3) is 0 Å². The maximum absolute atomic E-state index is 10.7. The fourth-order valence-electron chi connectivity index (χ4n) is 0.502. The van der Waals surface area contributed by atoms with Gasteiger partial charge in [-0.1, -0.05) is 0 Å². The molecule has 1 fully saturated rings. The second-order valence-corrected chi connectivity index (χ2v) is 3.87. The molecule has 0 aromatic carbocycles. The summed E-state index contributed by atoms with van der Waals surface area (Å²) in [5.41, 5.74) is 0. The van der Waals surface area contributed by atoms with Crippen LogP contribution in [0.3, 0.4) is 0 Å². The predicted octanol–water partition coefficient (Wildman–Crippen LogP) is 0.763. The van der Waals surface area contributed by atoms with E-state index >= 15 is 0 Å². The average Bonchev–Trinajstić information content (AvgIpc) is 1.79. The third kappa shape index (κ3) is 1.08. The molecule has 0 aliphatic carbocycles. The van der Waals surface area contributed by atoms with Gasteiger partial charge in [-0.2, -0.15) is 5.32 Å². The topological polar surface area (TPSA) is 48.2 Å². The Morgan fingerprint density at radius 2 is 2.00 bits per heavy atom. The van der Waals surface area contributed by atoms with Crippen LogP contribution in [0.2, 0.25) is 0 Å². The second-order valence-electron chi connectivity index (χ2n) is 2.30. The molecule has 0 bridgehead atoms. The Labute approximate surface area is 57.2 Å². The van der Waals surface area contributed by atoms with E-state index in [0.29, 0.717) is 0 Å². The number of hydrogen-bond acceptors (Lipinski definition) is 3. The summed E-state index contributed by atoms with van der Waals surface area (Å²) in [6.45, 7) is 3.38. The summed E-state index contributed by atoms with van der Waals surface area (Å²) in [4.78, 5) is 21.1. The minimum absolute atomic E-state index is 0.322. The fraction of sp³-hybridized carbons (Fsp3) is 0.600. The lowest BCUT2D eigenvalue weighted by Gasteiger charge is -2.06. The largest absolute Gasteiger partial charge is 0.309 e. The Bertz CT molecular complexity index is 176. The van der Waals surface area contributed by atoms with Gasteiger partial charge in [0.05, 0.1) is 0 Å². The number of rotatable bonds is 0. The maximum Gasteiger partial charge on any atom is 0.309 e. The average molecular weight is 144 g/mol. The van der Waals surface area contributed by atoms with Crippen LogP contribution >= 0.6 is 11.8 Å². The Morgan fingerprint density at radius 3 is 2.11 bits per heavy atom. The summed E-state index contributed by atoms with van der Waals surface area (Å²) in [6.07, 6.45) is 0. The van der Waals surface area contributed by atoms with Crippen LogP contribution in [-0.4, -0.2) is 15.9 Å². The van der Waals surface area contributed by atoms with Gasteiger partial charge in [-0.3, -0.25) is 9.59 Å². The van der Waals surface area contributed by atoms with Crippen molar-refractivity contribution in [2.24, 2.45) is 0 Å². The quantitative estimate of drug-likeness (QED) is 0.504. The number of amides is 2. The van der Waals surface area contributed by atoms with Crippen molar-refractivity contribution < 1.29 is 9.59 Å². The standard InChI is InChI=1S/C5H6NO2S/c1-5(2)3(7)6-4(8)9-5/h1-2H3. The molecular weight excluding hydrogens is 138 g/mol. The number of thioether (sulfide) groups is 1. The molecule has 2 amide bonds. The van der Waals surface area contributed by atoms with Crippen molar-refractivity contribution >= 4 is 22.9 Å². The predicted molar refractivity (Wildman–Crippen MR) is 34.2 cm³/mol. The highest BCUT2D eigenvalue weighted by Crippen LogP contribution is 2.31. The molecular formula is C5H6NO2S. The highest BCUT2D eigenvalue weighted by molar-refractivity contribution is 8.16. The Kier molecular flexibility index (Phi) is 1.27. The molecule has 1 rings (SSSR count). The Hall–Kier alpha value is -0.510. The van der Waals surface area contributed by atoms with Gasteiger partial charge >= 0.3 is 5.24 Å². The van der Waals surface area contributed by atoms with Gasteiger partial charge in [0.2, 0.25) is 0 Å². The molecule has 9 heavy (non-hydrogen) atoms. The van der Waals surface area contributed by atoms with E-state index in [-0.39, 0.29) is 11.1 Å². The first-order valence-corrected chi connectivity index (χ1v) is 3.33. The summed E-state index contributed by atoms with van der Waals surface area (Å²) < 4.78 is -0.614. The zero-order chi connectivity index (χ0) is 7.07. The van der Waals surface area contributed by atoms with Gasteiger partial charge < -0.3 is 0 Å². The molecule has 49 valence electrons. The van der Waals surface area contributed by atoms with Crippen LogP contribution in [0.15, 0.2) is 0 Å². The minimum atomic E-state index is -0.614. The van der Waals surface area contributed by atoms with Gasteiger partial charge in [0.15, 0.2) is 0 Å². The zero-order valence-electron chi connectivity index (χ0n) is 5.17. The van der Waals surface area contributed by atoms with E-state index in [1.54, 1.807) is 13.8 Å². The maximum atomic E-state index is 10.7. The van der Waals surface area contributed by atoms with Crippen molar-refractivity contribution in [1.29, 1.82) is 0 Å². The van der Waals surface area contributed by atoms with Gasteiger partial charge in [-0.05, 0) is 25.6 Å². The Morgan fingerprint density at radius 1 is 1.44 bits per heavy atom. The van der Waals surface area contributed by atoms with E-state index in [2.05, 4.69) is 5.32 Å². The van der Waals surface area contributed by atoms with Crippen LogP contribution in [-0.2, 0) is 4.79 Å². The first kappa shape index (κ1) is 6.61. The SMILES string of the molecule is CC1(C)SC(=O)[N]C1=O. The van der Waals surface area contributed by atoms with Crippen LogP contribution in [0.4, 0.5) is 4.79 Å². The van der Waals surface area contributed by atoms with Gasteiger partial charge in [-0.15, -0.1) is 0 Å². The number of nitrogens with zero attached hydrogens (tertiary/aromatic N) is 1. The number of carbonyl (C=O) groups is 2. The summed E-state index contributed by atoms with van der Waals surface area (Å²) in [7, 11) is 0. The summed E-state index contributed by atoms with van der Waals surface area (Å²) in [5, 5.41) is 2.86. The molecule has 1 aliphatic rings. The number of carbonyl (C=O) groups excluding carboxylic acids is 2. The summed E-state index contributed by atoms with van der Waals surface area (Å²) in [5.74, 6) is -0.322. The monoisotopic (exact) mass is 144 g/mol. The van der Waals surface area contributed by atoms with Crippen molar-refractivity contribution in [3.63, 3.8) is 0 Å². The summed E-state index contributed by atoms with van der Waals surface area (Å²) in [6, 6.07) is 0. The molecule has 1 heterocycles. The van der Waals surface area contributed by atoms with Crippen molar-refractivity contribution in [2.75, 3.05) is 0 Å². The molecule has 0 N–H and O–H groups in total. The Balaban J connectivity index is 2.81. The third-order valence-corrected chi connectivity index (χ3v) is 2.00. The minimum Gasteiger partial charge on any atom is -0.271 e. The van der Waals surface area contributed by atoms with Gasteiger partial charge in [-0.25, -0.2) is 0 Å². The molecule has 4 heteroatoms. The molecule has 3 nitrogen and oxygen atoms in total. The lowest BCUT2D eigenvalue weighted by Crippen LogP contribution is -2.26.